The van der Waals surface area contributed by atoms with Crippen LogP contribution in [0.2, 0.25) is 0 Å². The Morgan fingerprint density at radius 1 is 0.738 bits per heavy atom. The maximum absolute atomic E-state index is 2.48. The number of rotatable bonds is 15. The van der Waals surface area contributed by atoms with Gasteiger partial charge in [0.1, 0.15) is 25.5 Å². The van der Waals surface area contributed by atoms with Gasteiger partial charge in [0.25, 0.3) is 0 Å². The topological polar surface area (TPSA) is 12.5 Å². The maximum atomic E-state index is 2.48. The van der Waals surface area contributed by atoms with Crippen molar-refractivity contribution in [2.75, 3.05) is 56.7 Å². The van der Waals surface area contributed by atoms with E-state index in [-0.39, 0.29) is 0 Å². The van der Waals surface area contributed by atoms with Crippen molar-refractivity contribution >= 4 is 45.8 Å². The molecular formula is C36H50N4S2+2. The number of nitrogens with zero attached hydrogens (tertiary/aromatic N) is 4. The molecule has 0 spiro atoms. The predicted molar refractivity (Wildman–Crippen MR) is 189 cm³/mol. The third-order valence-electron chi connectivity index (χ3n) is 8.04. The average Bonchev–Trinajstić information content (AvgIpc) is 3.04. The Balaban J connectivity index is 1.23. The van der Waals surface area contributed by atoms with E-state index in [1.54, 1.807) is 0 Å². The average molecular weight is 603 g/mol. The molecule has 3 aliphatic rings. The molecule has 0 amide bonds. The van der Waals surface area contributed by atoms with Crippen LogP contribution in [0, 0.1) is 0 Å². The molecule has 1 aliphatic carbocycles. The molecule has 0 fully saturated rings. The highest BCUT2D eigenvalue weighted by atomic mass is 33.1. The monoisotopic (exact) mass is 602 g/mol. The van der Waals surface area contributed by atoms with Crippen molar-refractivity contribution < 1.29 is 9.15 Å². The van der Waals surface area contributed by atoms with E-state index < -0.39 is 0 Å². The molecule has 0 N–H and O–H groups in total. The molecule has 0 aromatic heterocycles. The highest BCUT2D eigenvalue weighted by molar-refractivity contribution is 8.76. The van der Waals surface area contributed by atoms with Crippen LogP contribution in [-0.4, -0.2) is 78.3 Å². The molecule has 2 aliphatic heterocycles. The Hall–Kier alpha value is -2.70. The second-order valence-electron chi connectivity index (χ2n) is 10.9. The standard InChI is InChI=1S/C36H50N4S2/c1-5-39-25-13-11-17-33(39)23-21-31-15-7-9-19-35(31)37(3)27-29-41-42-30-28-38(4)36-20-10-8-16-32(36)22-24-34-18-12-14-26-40(34)6-2/h7-9,15-19,21-26H,5-6,10-14,20,27-30H2,1-4H3/q+2/b23-21+,24-22+. The Bertz CT molecular complexity index is 1290. The van der Waals surface area contributed by atoms with Gasteiger partial charge in [-0.25, -0.2) is 9.15 Å². The summed E-state index contributed by atoms with van der Waals surface area (Å²) in [5, 5.41) is 0. The van der Waals surface area contributed by atoms with Crippen molar-refractivity contribution in [1.29, 1.82) is 0 Å². The zero-order chi connectivity index (χ0) is 29.6. The van der Waals surface area contributed by atoms with Crippen LogP contribution in [0.4, 0.5) is 5.69 Å². The van der Waals surface area contributed by atoms with E-state index in [0.717, 1.165) is 76.2 Å². The number of benzene rings is 1. The van der Waals surface area contributed by atoms with Crippen LogP contribution in [0.1, 0.15) is 57.9 Å². The van der Waals surface area contributed by atoms with Gasteiger partial charge in [0, 0.05) is 75.1 Å². The van der Waals surface area contributed by atoms with Gasteiger partial charge in [-0.2, -0.15) is 0 Å². The SMILES string of the molecule is CC[N+]1=CCCC=C1/C=C/C1=C(N(C)CCSSCCN(C)c2ccccc2/C=C/C2=CCCC=[N+]2CC)CCC=C1. The van der Waals surface area contributed by atoms with Crippen molar-refractivity contribution in [1.82, 2.24) is 4.90 Å². The smallest absolute Gasteiger partial charge is 0.200 e. The van der Waals surface area contributed by atoms with Crippen LogP contribution in [0.3, 0.4) is 0 Å². The molecule has 0 saturated heterocycles. The highest BCUT2D eigenvalue weighted by Gasteiger charge is 2.15. The molecule has 4 rings (SSSR count). The Morgan fingerprint density at radius 3 is 2.02 bits per heavy atom. The van der Waals surface area contributed by atoms with E-state index >= 15 is 0 Å². The lowest BCUT2D eigenvalue weighted by Gasteiger charge is -2.26. The van der Waals surface area contributed by atoms with Crippen molar-refractivity contribution in [2.24, 2.45) is 0 Å². The molecule has 0 bridgehead atoms. The molecule has 0 unspecified atom stereocenters. The lowest BCUT2D eigenvalue weighted by atomic mass is 10.0. The van der Waals surface area contributed by atoms with Crippen LogP contribution in [0.5, 0.6) is 0 Å². The number of anilines is 1. The summed E-state index contributed by atoms with van der Waals surface area (Å²) in [5.41, 5.74) is 8.04. The van der Waals surface area contributed by atoms with E-state index in [0.29, 0.717) is 0 Å². The first kappa shape index (κ1) is 32.2. The Morgan fingerprint density at radius 2 is 1.36 bits per heavy atom. The van der Waals surface area contributed by atoms with Gasteiger partial charge in [0.15, 0.2) is 0 Å². The highest BCUT2D eigenvalue weighted by Crippen LogP contribution is 2.27. The summed E-state index contributed by atoms with van der Waals surface area (Å²) >= 11 is 0. The second kappa shape index (κ2) is 17.4. The van der Waals surface area contributed by atoms with E-state index in [1.807, 2.05) is 21.6 Å². The third-order valence-corrected chi connectivity index (χ3v) is 10.4. The van der Waals surface area contributed by atoms with Gasteiger partial charge in [0.2, 0.25) is 11.4 Å². The van der Waals surface area contributed by atoms with Crippen LogP contribution in [0.25, 0.3) is 6.08 Å². The zero-order valence-corrected chi connectivity index (χ0v) is 27.8. The third kappa shape index (κ3) is 9.40. The zero-order valence-electron chi connectivity index (χ0n) is 26.2. The number of hydrogen-bond donors (Lipinski definition) is 0. The first-order chi connectivity index (χ1) is 20.6. The summed E-state index contributed by atoms with van der Waals surface area (Å²) in [5.74, 6) is 2.23. The summed E-state index contributed by atoms with van der Waals surface area (Å²) in [6, 6.07) is 8.76. The molecule has 6 heteroatoms. The minimum Gasteiger partial charge on any atom is -0.377 e. The molecule has 1 aromatic carbocycles. The van der Waals surface area contributed by atoms with Gasteiger partial charge in [-0.3, -0.25) is 0 Å². The minimum atomic E-state index is 1.02. The van der Waals surface area contributed by atoms with Gasteiger partial charge in [-0.15, -0.1) is 0 Å². The molecule has 1 aromatic rings. The summed E-state index contributed by atoms with van der Waals surface area (Å²) in [6.07, 6.45) is 30.0. The van der Waals surface area contributed by atoms with Crippen LogP contribution in [0.15, 0.2) is 89.5 Å². The number of hydrogen-bond acceptors (Lipinski definition) is 4. The van der Waals surface area contributed by atoms with E-state index in [4.69, 9.17) is 0 Å². The molecular weight excluding hydrogens is 553 g/mol. The fourth-order valence-corrected chi connectivity index (χ4v) is 7.69. The lowest BCUT2D eigenvalue weighted by molar-refractivity contribution is -0.466. The Kier molecular flexibility index (Phi) is 13.4. The van der Waals surface area contributed by atoms with Crippen molar-refractivity contribution in [3.8, 4) is 0 Å². The predicted octanol–water partition coefficient (Wildman–Crippen LogP) is 8.17. The first-order valence-corrected chi connectivity index (χ1v) is 18.2. The maximum Gasteiger partial charge on any atom is 0.200 e. The summed E-state index contributed by atoms with van der Waals surface area (Å²) in [4.78, 5) is 4.87. The van der Waals surface area contributed by atoms with Gasteiger partial charge < -0.3 is 9.80 Å². The van der Waals surface area contributed by atoms with E-state index in [2.05, 4.69) is 132 Å². The van der Waals surface area contributed by atoms with Crippen LogP contribution >= 0.6 is 21.6 Å². The molecule has 224 valence electrons. The molecule has 4 nitrogen and oxygen atoms in total. The summed E-state index contributed by atoms with van der Waals surface area (Å²) in [6.45, 7) is 8.59. The molecule has 0 radical (unpaired) electrons. The van der Waals surface area contributed by atoms with Gasteiger partial charge in [-0.1, -0.05) is 51.9 Å². The summed E-state index contributed by atoms with van der Waals surface area (Å²) in [7, 11) is 8.47. The lowest BCUT2D eigenvalue weighted by Crippen LogP contribution is -2.23. The van der Waals surface area contributed by atoms with Crippen molar-refractivity contribution in [3.63, 3.8) is 0 Å². The number of likely N-dealkylation sites (N-methyl/N-ethyl adjacent to an activating group) is 2. The van der Waals surface area contributed by atoms with Gasteiger partial charge >= 0.3 is 0 Å². The number of allylic oxidation sites excluding steroid dienone is 9. The largest absolute Gasteiger partial charge is 0.377 e. The second-order valence-corrected chi connectivity index (χ2v) is 13.6. The number of para-hydroxylation sites is 1. The molecule has 2 heterocycles. The summed E-state index contributed by atoms with van der Waals surface area (Å²) < 4.78 is 4.72. The molecule has 0 saturated carbocycles. The fraction of sp³-hybridized carbons (Fsp3) is 0.444. The molecule has 0 atom stereocenters. The van der Waals surface area contributed by atoms with Gasteiger partial charge in [0.05, 0.1) is 0 Å². The van der Waals surface area contributed by atoms with Gasteiger partial charge in [-0.05, 0) is 81.0 Å². The quantitative estimate of drug-likeness (QED) is 0.114. The normalized spacial score (nSPS) is 17.4. The van der Waals surface area contributed by atoms with Crippen LogP contribution < -0.4 is 4.90 Å². The first-order valence-electron chi connectivity index (χ1n) is 15.7. The van der Waals surface area contributed by atoms with Crippen LogP contribution in [-0.2, 0) is 0 Å². The Labute approximate surface area is 263 Å². The minimum absolute atomic E-state index is 1.02. The van der Waals surface area contributed by atoms with E-state index in [9.17, 15) is 0 Å². The molecule has 42 heavy (non-hydrogen) atoms. The van der Waals surface area contributed by atoms with Crippen molar-refractivity contribution in [2.45, 2.75) is 52.4 Å². The van der Waals surface area contributed by atoms with Crippen molar-refractivity contribution in [3.05, 3.63) is 95.0 Å². The fourth-order valence-electron chi connectivity index (χ4n) is 5.60. The van der Waals surface area contributed by atoms with E-state index in [1.165, 1.54) is 33.9 Å².